The van der Waals surface area contributed by atoms with E-state index < -0.39 is 11.7 Å². The lowest BCUT2D eigenvalue weighted by molar-refractivity contribution is -0.137. The number of alkyl halides is 3. The lowest BCUT2D eigenvalue weighted by atomic mass is 9.96. The van der Waals surface area contributed by atoms with Crippen LogP contribution in [0.4, 0.5) is 19.0 Å². The SMILES string of the molecule is Nc1ncc(-c2cnn(C3CCCCC3)c2)cc1-c1nc2ccc(C(F)(F)F)cc2[nH]1. The van der Waals surface area contributed by atoms with Crippen molar-refractivity contribution in [3.05, 3.63) is 48.4 Å². The molecule has 9 heteroatoms. The average Bonchev–Trinajstić information content (AvgIpc) is 3.41. The lowest BCUT2D eigenvalue weighted by Crippen LogP contribution is -2.12. The second kappa shape index (κ2) is 7.40. The maximum Gasteiger partial charge on any atom is 0.416 e. The molecule has 1 fully saturated rings. The Hall–Kier alpha value is -3.36. The van der Waals surface area contributed by atoms with Crippen molar-refractivity contribution in [1.29, 1.82) is 0 Å². The van der Waals surface area contributed by atoms with Crippen LogP contribution in [0, 0.1) is 0 Å². The van der Waals surface area contributed by atoms with Gasteiger partial charge in [0.25, 0.3) is 0 Å². The topological polar surface area (TPSA) is 85.4 Å². The van der Waals surface area contributed by atoms with Gasteiger partial charge in [-0.2, -0.15) is 18.3 Å². The fourth-order valence-electron chi connectivity index (χ4n) is 4.17. The van der Waals surface area contributed by atoms with E-state index in [-0.39, 0.29) is 5.82 Å². The van der Waals surface area contributed by atoms with E-state index in [9.17, 15) is 13.2 Å². The summed E-state index contributed by atoms with van der Waals surface area (Å²) in [6.45, 7) is 0. The summed E-state index contributed by atoms with van der Waals surface area (Å²) in [5.74, 6) is 0.624. The number of benzene rings is 1. The number of hydrogen-bond acceptors (Lipinski definition) is 4. The molecule has 0 spiro atoms. The molecule has 3 N–H and O–H groups in total. The fraction of sp³-hybridized carbons (Fsp3) is 0.318. The number of hydrogen-bond donors (Lipinski definition) is 2. The summed E-state index contributed by atoms with van der Waals surface area (Å²) < 4.78 is 41.1. The number of anilines is 1. The van der Waals surface area contributed by atoms with Crippen molar-refractivity contribution < 1.29 is 13.2 Å². The van der Waals surface area contributed by atoms with Gasteiger partial charge in [0.15, 0.2) is 0 Å². The Morgan fingerprint density at radius 1 is 1.03 bits per heavy atom. The zero-order valence-corrected chi connectivity index (χ0v) is 16.7. The van der Waals surface area contributed by atoms with E-state index in [1.165, 1.54) is 25.3 Å². The van der Waals surface area contributed by atoms with Crippen molar-refractivity contribution in [3.63, 3.8) is 0 Å². The van der Waals surface area contributed by atoms with E-state index in [0.717, 1.165) is 36.1 Å². The van der Waals surface area contributed by atoms with Crippen molar-refractivity contribution in [2.24, 2.45) is 0 Å². The van der Waals surface area contributed by atoms with E-state index in [1.54, 1.807) is 12.4 Å². The van der Waals surface area contributed by atoms with Crippen LogP contribution in [0.2, 0.25) is 0 Å². The first-order valence-electron chi connectivity index (χ1n) is 10.3. The number of pyridine rings is 1. The van der Waals surface area contributed by atoms with Gasteiger partial charge in [0.2, 0.25) is 0 Å². The van der Waals surface area contributed by atoms with E-state index in [2.05, 4.69) is 20.1 Å². The molecular weight excluding hydrogens is 405 g/mol. The molecule has 1 saturated carbocycles. The Labute approximate surface area is 176 Å². The number of H-pyrrole nitrogens is 1. The van der Waals surface area contributed by atoms with Gasteiger partial charge in [-0.25, -0.2) is 9.97 Å². The van der Waals surface area contributed by atoms with E-state index in [1.807, 2.05) is 16.9 Å². The average molecular weight is 426 g/mol. The first-order chi connectivity index (χ1) is 14.9. The Morgan fingerprint density at radius 2 is 1.84 bits per heavy atom. The Bertz CT molecular complexity index is 1230. The molecule has 3 heterocycles. The molecule has 0 amide bonds. The Morgan fingerprint density at radius 3 is 2.61 bits per heavy atom. The van der Waals surface area contributed by atoms with Crippen molar-refractivity contribution in [2.75, 3.05) is 5.73 Å². The summed E-state index contributed by atoms with van der Waals surface area (Å²) in [6.07, 6.45) is 7.05. The molecule has 4 aromatic rings. The van der Waals surface area contributed by atoms with Gasteiger partial charge < -0.3 is 10.7 Å². The van der Waals surface area contributed by atoms with Crippen LogP contribution < -0.4 is 5.73 Å². The number of nitrogens with one attached hydrogen (secondary N) is 1. The number of fused-ring (bicyclic) bond motifs is 1. The molecule has 1 aliphatic carbocycles. The summed E-state index contributed by atoms with van der Waals surface area (Å²) in [7, 11) is 0. The minimum Gasteiger partial charge on any atom is -0.383 e. The molecule has 0 unspecified atom stereocenters. The number of halogens is 3. The highest BCUT2D eigenvalue weighted by Gasteiger charge is 2.30. The molecule has 6 nitrogen and oxygen atoms in total. The second-order valence-corrected chi connectivity index (χ2v) is 7.97. The summed E-state index contributed by atoms with van der Waals surface area (Å²) in [5.41, 5.74) is 8.33. The summed E-state index contributed by atoms with van der Waals surface area (Å²) in [5, 5.41) is 4.54. The van der Waals surface area contributed by atoms with Gasteiger partial charge in [0.05, 0.1) is 34.4 Å². The highest BCUT2D eigenvalue weighted by Crippen LogP contribution is 2.34. The monoisotopic (exact) mass is 426 g/mol. The summed E-state index contributed by atoms with van der Waals surface area (Å²) in [6, 6.07) is 5.67. The number of aromatic amines is 1. The van der Waals surface area contributed by atoms with Crippen LogP contribution in [-0.2, 0) is 6.18 Å². The molecule has 160 valence electrons. The molecular formula is C22H21F3N6. The van der Waals surface area contributed by atoms with Gasteiger partial charge in [0.1, 0.15) is 11.6 Å². The van der Waals surface area contributed by atoms with Gasteiger partial charge in [-0.05, 0) is 37.1 Å². The molecule has 0 atom stereocenters. The van der Waals surface area contributed by atoms with Crippen LogP contribution >= 0.6 is 0 Å². The van der Waals surface area contributed by atoms with Crippen LogP contribution in [0.25, 0.3) is 33.5 Å². The minimum absolute atomic E-state index is 0.249. The maximum absolute atomic E-state index is 13.0. The number of nitrogens with zero attached hydrogens (tertiary/aromatic N) is 4. The largest absolute Gasteiger partial charge is 0.416 e. The van der Waals surface area contributed by atoms with Gasteiger partial charge >= 0.3 is 6.18 Å². The predicted octanol–water partition coefficient (Wildman–Crippen LogP) is 5.59. The highest BCUT2D eigenvalue weighted by atomic mass is 19.4. The van der Waals surface area contributed by atoms with E-state index >= 15 is 0 Å². The predicted molar refractivity (Wildman–Crippen MR) is 112 cm³/mol. The van der Waals surface area contributed by atoms with Crippen molar-refractivity contribution in [2.45, 2.75) is 44.3 Å². The number of rotatable bonds is 3. The third kappa shape index (κ3) is 3.75. The second-order valence-electron chi connectivity index (χ2n) is 7.97. The van der Waals surface area contributed by atoms with Gasteiger partial charge in [-0.1, -0.05) is 19.3 Å². The van der Waals surface area contributed by atoms with Crippen molar-refractivity contribution >= 4 is 16.9 Å². The number of aromatic nitrogens is 5. The molecule has 0 radical (unpaired) electrons. The van der Waals surface area contributed by atoms with E-state index in [4.69, 9.17) is 5.73 Å². The highest BCUT2D eigenvalue weighted by molar-refractivity contribution is 5.83. The first-order valence-corrected chi connectivity index (χ1v) is 10.3. The summed E-state index contributed by atoms with van der Waals surface area (Å²) in [4.78, 5) is 11.6. The molecule has 1 aliphatic rings. The van der Waals surface area contributed by atoms with Gasteiger partial charge in [-0.15, -0.1) is 0 Å². The van der Waals surface area contributed by atoms with Crippen molar-refractivity contribution in [1.82, 2.24) is 24.7 Å². The number of nitrogens with two attached hydrogens (primary N) is 1. The normalized spacial score (nSPS) is 15.6. The third-order valence-corrected chi connectivity index (χ3v) is 5.87. The van der Waals surface area contributed by atoms with E-state index in [0.29, 0.717) is 28.5 Å². The number of nitrogen functional groups attached to an aromatic ring is 1. The van der Waals surface area contributed by atoms with Gasteiger partial charge in [0, 0.05) is 23.5 Å². The van der Waals surface area contributed by atoms with Crippen LogP contribution in [0.3, 0.4) is 0 Å². The molecule has 0 aliphatic heterocycles. The smallest absolute Gasteiger partial charge is 0.383 e. The lowest BCUT2D eigenvalue weighted by Gasteiger charge is -2.21. The molecule has 31 heavy (non-hydrogen) atoms. The Kier molecular flexibility index (Phi) is 4.68. The molecule has 1 aromatic carbocycles. The number of imidazole rings is 1. The first kappa shape index (κ1) is 19.6. The quantitative estimate of drug-likeness (QED) is 0.447. The zero-order valence-electron chi connectivity index (χ0n) is 16.7. The molecule has 3 aromatic heterocycles. The Balaban J connectivity index is 1.50. The fourth-order valence-corrected chi connectivity index (χ4v) is 4.17. The van der Waals surface area contributed by atoms with Gasteiger partial charge in [-0.3, -0.25) is 4.68 Å². The molecule has 0 bridgehead atoms. The summed E-state index contributed by atoms with van der Waals surface area (Å²) >= 11 is 0. The van der Waals surface area contributed by atoms with Crippen molar-refractivity contribution in [3.8, 4) is 22.5 Å². The van der Waals surface area contributed by atoms with Crippen LogP contribution in [0.5, 0.6) is 0 Å². The zero-order chi connectivity index (χ0) is 21.6. The standard InChI is InChI=1S/C22H21F3N6/c23-22(24,25)15-6-7-18-19(9-15)30-21(29-18)17-8-13(10-27-20(17)26)14-11-28-31(12-14)16-4-2-1-3-5-16/h6-12,16H,1-5H2,(H2,26,27)(H,29,30). The third-order valence-electron chi connectivity index (χ3n) is 5.87. The maximum atomic E-state index is 13.0. The van der Waals surface area contributed by atoms with Crippen LogP contribution in [0.1, 0.15) is 43.7 Å². The molecule has 0 saturated heterocycles. The van der Waals surface area contributed by atoms with Crippen LogP contribution in [-0.4, -0.2) is 24.7 Å². The molecule has 5 rings (SSSR count). The minimum atomic E-state index is -4.42. The van der Waals surface area contributed by atoms with Crippen LogP contribution in [0.15, 0.2) is 42.9 Å².